The van der Waals surface area contributed by atoms with Crippen LogP contribution in [0.3, 0.4) is 0 Å². The average molecular weight is 1640 g/mol. The maximum Gasteiger partial charge on any atom is 0.326 e. The third-order valence-electron chi connectivity index (χ3n) is 17.6. The van der Waals surface area contributed by atoms with Crippen LogP contribution >= 0.6 is 11.8 Å². The summed E-state index contributed by atoms with van der Waals surface area (Å²) in [6.45, 7) is 8.07. The van der Waals surface area contributed by atoms with E-state index in [2.05, 4.69) is 94.1 Å². The number of hydrogen-bond donors (Lipinski definition) is 25. The fraction of sp³-hybridized carbons (Fsp3) is 0.614. The molecule has 1 heterocycles. The third kappa shape index (κ3) is 41.5. The van der Waals surface area contributed by atoms with Crippen LogP contribution in [0.4, 0.5) is 9.59 Å². The number of nitrogens with two attached hydrogens (primary N) is 10. The van der Waals surface area contributed by atoms with Gasteiger partial charge in [-0.2, -0.15) is 11.8 Å². The van der Waals surface area contributed by atoms with Crippen molar-refractivity contribution in [2.75, 3.05) is 44.7 Å². The first-order valence-electron chi connectivity index (χ1n) is 37.7. The van der Waals surface area contributed by atoms with Crippen molar-refractivity contribution in [2.24, 2.45) is 84.1 Å². The van der Waals surface area contributed by atoms with E-state index in [0.717, 1.165) is 0 Å². The number of H-pyrrole nitrogens is 1. The molecule has 45 heteroatoms. The number of amides is 16. The molecule has 2 rings (SSSR count). The van der Waals surface area contributed by atoms with Crippen molar-refractivity contribution in [2.45, 2.75) is 216 Å². The van der Waals surface area contributed by atoms with Crippen molar-refractivity contribution in [3.8, 4) is 0 Å². The van der Waals surface area contributed by atoms with Crippen LogP contribution in [0, 0.1) is 11.8 Å². The predicted octanol–water partition coefficient (Wildman–Crippen LogP) is -6.87. The number of thioether (sulfide) groups is 1. The number of nitrogens with zero attached hydrogens (tertiary/aromatic N) is 4. The first-order chi connectivity index (χ1) is 54.3. The van der Waals surface area contributed by atoms with Gasteiger partial charge in [0, 0.05) is 63.9 Å². The molecule has 2 aromatic rings. The number of carboxylic acids is 1. The second kappa shape index (κ2) is 54.0. The molecule has 0 aliphatic rings. The van der Waals surface area contributed by atoms with E-state index in [1.165, 1.54) is 31.2 Å². The molecule has 0 saturated carbocycles. The number of guanidine groups is 3. The molecule has 115 heavy (non-hydrogen) atoms. The van der Waals surface area contributed by atoms with E-state index in [0.29, 0.717) is 12.0 Å². The van der Waals surface area contributed by atoms with Crippen molar-refractivity contribution in [3.63, 3.8) is 0 Å². The molecule has 0 bridgehead atoms. The normalized spacial score (nSPS) is 14.3. The molecule has 13 atom stereocenters. The molecular weight excluding hydrogens is 1520 g/mol. The van der Waals surface area contributed by atoms with Gasteiger partial charge in [-0.05, 0) is 120 Å². The summed E-state index contributed by atoms with van der Waals surface area (Å²) in [4.78, 5) is 226. The van der Waals surface area contributed by atoms with Crippen LogP contribution in [-0.2, 0) is 75.2 Å². The number of carbonyl (C=O) groups is 15. The molecule has 0 fully saturated rings. The zero-order valence-electron chi connectivity index (χ0n) is 65.9. The first kappa shape index (κ1) is 99.3. The lowest BCUT2D eigenvalue weighted by Gasteiger charge is -2.29. The molecule has 35 N–H and O–H groups in total. The number of aromatic amines is 1. The van der Waals surface area contributed by atoms with Gasteiger partial charge in [0.25, 0.3) is 0 Å². The summed E-state index contributed by atoms with van der Waals surface area (Å²) >= 11 is 1.26. The van der Waals surface area contributed by atoms with Crippen LogP contribution in [0.2, 0.25) is 0 Å². The zero-order chi connectivity index (χ0) is 86.3. The Morgan fingerprint density at radius 2 is 0.817 bits per heavy atom. The molecule has 1 aromatic heterocycles. The number of carboxylic acid groups (broad SMARTS) is 1. The van der Waals surface area contributed by atoms with Gasteiger partial charge in [0.1, 0.15) is 66.5 Å². The van der Waals surface area contributed by atoms with E-state index < -0.39 is 180 Å². The highest BCUT2D eigenvalue weighted by atomic mass is 32.2. The Labute approximate surface area is 671 Å². The second-order valence-corrected chi connectivity index (χ2v) is 28.7. The van der Waals surface area contributed by atoms with Gasteiger partial charge in [-0.25, -0.2) is 19.4 Å². The van der Waals surface area contributed by atoms with Crippen LogP contribution in [0.1, 0.15) is 142 Å². The second-order valence-electron chi connectivity index (χ2n) is 27.7. The molecule has 0 aliphatic carbocycles. The zero-order valence-corrected chi connectivity index (χ0v) is 66.7. The number of carbonyl (C=O) groups excluding carboxylic acids is 14. The molecule has 44 nitrogen and oxygen atoms in total. The number of primary amides is 3. The molecule has 0 saturated heterocycles. The predicted molar refractivity (Wildman–Crippen MR) is 429 cm³/mol. The highest BCUT2D eigenvalue weighted by molar-refractivity contribution is 7.98. The summed E-state index contributed by atoms with van der Waals surface area (Å²) in [5, 5.41) is 43.6. The topological polar surface area (TPSA) is 759 Å². The first-order valence-corrected chi connectivity index (χ1v) is 39.1. The number of rotatable bonds is 57. The van der Waals surface area contributed by atoms with E-state index in [4.69, 9.17) is 57.3 Å². The van der Waals surface area contributed by atoms with E-state index in [-0.39, 0.29) is 158 Å². The minimum atomic E-state index is -1.66. The van der Waals surface area contributed by atoms with Gasteiger partial charge in [0.05, 0.1) is 12.4 Å². The number of aliphatic imine (C=N–C) groups is 3. The Hall–Kier alpha value is -11.8. The highest BCUT2D eigenvalue weighted by Crippen LogP contribution is 2.16. The fourth-order valence-corrected chi connectivity index (χ4v) is 11.7. The smallest absolute Gasteiger partial charge is 0.326 e. The number of hydrogen-bond acceptors (Lipinski definition) is 21. The Morgan fingerprint density at radius 1 is 0.452 bits per heavy atom. The van der Waals surface area contributed by atoms with Crippen molar-refractivity contribution < 1.29 is 77.0 Å². The Balaban J connectivity index is 2.72. The molecule has 1 aromatic carbocycles. The van der Waals surface area contributed by atoms with Crippen molar-refractivity contribution in [1.29, 1.82) is 0 Å². The monoisotopic (exact) mass is 1640 g/mol. The number of aromatic nitrogens is 2. The summed E-state index contributed by atoms with van der Waals surface area (Å²) in [7, 11) is 0. The van der Waals surface area contributed by atoms with Gasteiger partial charge in [-0.15, -0.1) is 0 Å². The fourth-order valence-electron chi connectivity index (χ4n) is 11.2. The Kier molecular flexibility index (Phi) is 46.6. The van der Waals surface area contributed by atoms with Crippen LogP contribution in [0.25, 0.3) is 0 Å². The quantitative estimate of drug-likeness (QED) is 0.0166. The van der Waals surface area contributed by atoms with Gasteiger partial charge < -0.3 is 137 Å². The van der Waals surface area contributed by atoms with Crippen LogP contribution in [0.15, 0.2) is 57.8 Å². The molecule has 16 amide bonds. The molecule has 0 aliphatic heterocycles. The van der Waals surface area contributed by atoms with E-state index >= 15 is 0 Å². The lowest BCUT2D eigenvalue weighted by atomic mass is 9.96. The van der Waals surface area contributed by atoms with Crippen LogP contribution in [-0.4, -0.2) is 239 Å². The van der Waals surface area contributed by atoms with Gasteiger partial charge >= 0.3 is 18.0 Å². The summed E-state index contributed by atoms with van der Waals surface area (Å²) in [5.41, 5.74) is 55.9. The molecule has 0 unspecified atom stereocenters. The Morgan fingerprint density at radius 3 is 1.19 bits per heavy atom. The van der Waals surface area contributed by atoms with Gasteiger partial charge in [0.2, 0.25) is 70.9 Å². The third-order valence-corrected chi connectivity index (χ3v) is 18.2. The van der Waals surface area contributed by atoms with Gasteiger partial charge in [-0.1, -0.05) is 64.4 Å². The van der Waals surface area contributed by atoms with Gasteiger partial charge in [0.15, 0.2) is 17.9 Å². The number of imidazole rings is 1. The number of urea groups is 2. The number of nitrogens with one attached hydrogen (secondary N) is 14. The highest BCUT2D eigenvalue weighted by Gasteiger charge is 2.38. The lowest BCUT2D eigenvalue weighted by molar-refractivity contribution is -0.143. The van der Waals surface area contributed by atoms with Crippen molar-refractivity contribution >= 4 is 119 Å². The number of benzene rings is 1. The minimum absolute atomic E-state index is 0.0227. The number of aliphatic carboxylic acids is 1. The van der Waals surface area contributed by atoms with E-state index in [1.807, 2.05) is 0 Å². The summed E-state index contributed by atoms with van der Waals surface area (Å²) < 4.78 is 0. The summed E-state index contributed by atoms with van der Waals surface area (Å²) in [5.74, 6) is -13.8. The maximum atomic E-state index is 15.0. The largest absolute Gasteiger partial charge is 0.480 e. The molecular formula is C70H120N28O16S. The standard InChI is InChI=1S/C70H120N28O16S/c1-7-38(4)53(64(110)94-48(65(111)112)22-15-28-84-68(77)78)98-63(109)49(32-37(2)3)95-57(103)44(19-12-27-83-67(75)76)89-55(101)43(20-13-29-85-69(79)113)91-62(108)51(34-41-35-81-36-87-41)97-58(104)45(21-14-30-86-70(80)114)90-60(106)47(25-31-115-6)93-59(105)46(23-24-52(72)99)92-61(107)50(33-40-16-9-8-10-17-40)96-56(102)42(88-54(100)39(5)71)18-11-26-82-66(73)74/h8-10,16-17,35-39,42-51,53H,7,11-15,18-34,71H2,1-6H3,(H2,72,99)(H,81,87)(H,88,100)(H,89,101)(H,90,106)(H,91,108)(H,92,107)(H,93,105)(H,94,110)(H,95,103)(H,96,102)(H,97,104)(H,98,109)(H,111,112)(H4,73,74,82)(H4,75,76,83)(H4,77,78,84)(H3,79,85,113)(H3,80,86,114)/t38-,39-,42-,43-,44-,45-,46-,47-,48-,49-,50-,51-,53-/m0/s1. The van der Waals surface area contributed by atoms with Crippen molar-refractivity contribution in [3.05, 3.63) is 54.1 Å². The Bertz CT molecular complexity index is 3580. The molecule has 642 valence electrons. The average Bonchev–Trinajstić information content (AvgIpc) is 1.11. The summed E-state index contributed by atoms with van der Waals surface area (Å²) in [6.07, 6.45) is 2.40. The SMILES string of the molecule is CC[C@H](C)[C@H](NC(=O)[C@H](CC(C)C)NC(=O)[C@H](CCCN=C(N)N)NC(=O)[C@H](CCCNC(N)=O)NC(=O)[C@H](Cc1cnc[nH]1)NC(=O)[C@H](CCCNC(N)=O)NC(=O)[C@H](CCSC)NC(=O)[C@H](CCC(N)=O)NC(=O)[C@H](Cc1ccccc1)NC(=O)[C@H](CCCN=C(N)N)NC(=O)[C@H](C)N)C(=O)N[C@@H](CCCN=C(N)N)C(=O)O. The maximum absolute atomic E-state index is 15.0. The molecule has 0 spiro atoms. The van der Waals surface area contributed by atoms with Gasteiger partial charge in [-0.3, -0.25) is 72.5 Å². The summed E-state index contributed by atoms with van der Waals surface area (Å²) in [6, 6.07) is -11.0. The van der Waals surface area contributed by atoms with Crippen molar-refractivity contribution in [1.82, 2.24) is 79.1 Å². The van der Waals surface area contributed by atoms with E-state index in [1.54, 1.807) is 64.3 Å². The minimum Gasteiger partial charge on any atom is -0.480 e. The lowest BCUT2D eigenvalue weighted by Crippen LogP contribution is -2.61. The van der Waals surface area contributed by atoms with E-state index in [9.17, 15) is 77.0 Å². The van der Waals surface area contributed by atoms with Crippen LogP contribution in [0.5, 0.6) is 0 Å². The molecule has 0 radical (unpaired) electrons. The van der Waals surface area contributed by atoms with Crippen LogP contribution < -0.4 is 126 Å².